The molecule has 0 aromatic heterocycles. The summed E-state index contributed by atoms with van der Waals surface area (Å²) in [5, 5.41) is 2.40. The van der Waals surface area contributed by atoms with E-state index in [1.807, 2.05) is 6.07 Å². The highest BCUT2D eigenvalue weighted by molar-refractivity contribution is 7.91. The van der Waals surface area contributed by atoms with Gasteiger partial charge in [0.15, 0.2) is 9.84 Å². The van der Waals surface area contributed by atoms with Crippen molar-refractivity contribution < 1.29 is 32.3 Å². The number of esters is 1. The molecule has 1 unspecified atom stereocenters. The van der Waals surface area contributed by atoms with Crippen LogP contribution in [0.25, 0.3) is 0 Å². The first-order chi connectivity index (χ1) is 21.6. The number of carbonyl (C=O) groups excluding carboxylic acids is 4. The Kier molecular flexibility index (Phi) is 14.3. The van der Waals surface area contributed by atoms with Crippen molar-refractivity contribution in [2.45, 2.75) is 95.5 Å². The molecule has 1 atom stereocenters. The Labute approximate surface area is 271 Å². The average molecular weight is 662 g/mol. The second-order valence-corrected chi connectivity index (χ2v) is 13.7. The molecule has 0 radical (unpaired) electrons. The maximum Gasteiger partial charge on any atom is 0.339 e. The van der Waals surface area contributed by atoms with E-state index in [0.29, 0.717) is 11.3 Å². The molecule has 3 rings (SSSR count). The third-order valence-electron chi connectivity index (χ3n) is 7.63. The van der Waals surface area contributed by atoms with E-state index in [4.69, 9.17) is 16.3 Å². The van der Waals surface area contributed by atoms with Crippen LogP contribution in [0.15, 0.2) is 53.4 Å². The summed E-state index contributed by atoms with van der Waals surface area (Å²) in [6.07, 6.45) is 10.9. The Bertz CT molecular complexity index is 1420. The fourth-order valence-corrected chi connectivity index (χ4v) is 6.87. The minimum Gasteiger partial charge on any atom is -0.464 e. The number of halogens is 1. The second-order valence-electron chi connectivity index (χ2n) is 11.2. The summed E-state index contributed by atoms with van der Waals surface area (Å²) >= 11 is 6.37. The molecule has 0 spiro atoms. The lowest BCUT2D eigenvalue weighted by atomic mass is 10.1. The van der Waals surface area contributed by atoms with Crippen molar-refractivity contribution in [1.29, 1.82) is 0 Å². The van der Waals surface area contributed by atoms with Gasteiger partial charge in [-0.3, -0.25) is 9.59 Å². The lowest BCUT2D eigenvalue weighted by molar-refractivity contribution is -0.154. The van der Waals surface area contributed by atoms with E-state index >= 15 is 0 Å². The molecule has 0 bridgehead atoms. The van der Waals surface area contributed by atoms with Crippen LogP contribution < -0.4 is 5.32 Å². The monoisotopic (exact) mass is 661 g/mol. The zero-order valence-corrected chi connectivity index (χ0v) is 27.7. The van der Waals surface area contributed by atoms with Crippen LogP contribution in [0.1, 0.15) is 83.6 Å². The lowest BCUT2D eigenvalue weighted by Gasteiger charge is -2.24. The average Bonchev–Trinajstić information content (AvgIpc) is 3.27. The standard InChI is InChI=1S/C33H44ClN3O7S/c1-3-5-6-7-8-9-10-11-12-16-21-45(42,43)26-19-20-28(27(34)22-26)35-31(39)30(32(40)44-4-2)37-29(38)24-36(33(37)41)23-25-17-14-13-15-18-25/h13-15,17-20,22,30H,3-12,16,21,23-24H2,1-2H3,(H,35,39). The van der Waals surface area contributed by atoms with Gasteiger partial charge in [0, 0.05) is 6.54 Å². The molecule has 246 valence electrons. The van der Waals surface area contributed by atoms with Crippen molar-refractivity contribution in [3.8, 4) is 0 Å². The minimum atomic E-state index is -3.61. The van der Waals surface area contributed by atoms with Crippen LogP contribution in [0.4, 0.5) is 10.5 Å². The Hall–Kier alpha value is -3.44. The van der Waals surface area contributed by atoms with E-state index in [2.05, 4.69) is 12.2 Å². The van der Waals surface area contributed by atoms with E-state index < -0.39 is 39.7 Å². The number of carbonyl (C=O) groups is 4. The van der Waals surface area contributed by atoms with E-state index in [9.17, 15) is 27.6 Å². The summed E-state index contributed by atoms with van der Waals surface area (Å²) in [6, 6.07) is 10.2. The third kappa shape index (κ3) is 10.6. The Morgan fingerprint density at radius 2 is 1.53 bits per heavy atom. The van der Waals surface area contributed by atoms with E-state index in [-0.39, 0.29) is 41.1 Å². The Morgan fingerprint density at radius 3 is 2.13 bits per heavy atom. The van der Waals surface area contributed by atoms with Crippen LogP contribution in [0.2, 0.25) is 5.02 Å². The number of nitrogens with zero attached hydrogens (tertiary/aromatic N) is 2. The molecule has 0 aliphatic carbocycles. The summed E-state index contributed by atoms with van der Waals surface area (Å²) in [5.74, 6) is -2.84. The second kappa shape index (κ2) is 17.9. The van der Waals surface area contributed by atoms with Gasteiger partial charge in [0.1, 0.15) is 6.54 Å². The molecule has 2 aromatic rings. The van der Waals surface area contributed by atoms with E-state index in [1.54, 1.807) is 24.3 Å². The summed E-state index contributed by atoms with van der Waals surface area (Å²) in [5.41, 5.74) is 0.793. The highest BCUT2D eigenvalue weighted by atomic mass is 35.5. The van der Waals surface area contributed by atoms with Gasteiger partial charge in [0.05, 0.1) is 28.0 Å². The summed E-state index contributed by atoms with van der Waals surface area (Å²) < 4.78 is 30.9. The maximum atomic E-state index is 13.4. The quantitative estimate of drug-likeness (QED) is 0.0801. The molecule has 4 amide bonds. The van der Waals surface area contributed by atoms with Gasteiger partial charge >= 0.3 is 12.0 Å². The van der Waals surface area contributed by atoms with Crippen molar-refractivity contribution in [2.75, 3.05) is 24.2 Å². The van der Waals surface area contributed by atoms with E-state index in [0.717, 1.165) is 24.8 Å². The molecule has 1 N–H and O–H groups in total. The summed E-state index contributed by atoms with van der Waals surface area (Å²) in [4.78, 5) is 54.2. The molecular formula is C33H44ClN3O7S. The largest absolute Gasteiger partial charge is 0.464 e. The molecule has 2 aromatic carbocycles. The van der Waals surface area contributed by atoms with Crippen LogP contribution in [0.5, 0.6) is 0 Å². The van der Waals surface area contributed by atoms with Gasteiger partial charge in [0.25, 0.3) is 11.8 Å². The van der Waals surface area contributed by atoms with Crippen LogP contribution in [-0.2, 0) is 35.5 Å². The van der Waals surface area contributed by atoms with Crippen molar-refractivity contribution in [1.82, 2.24) is 9.80 Å². The number of urea groups is 1. The molecule has 1 aliphatic rings. The van der Waals surface area contributed by atoms with Gasteiger partial charge in [0.2, 0.25) is 6.04 Å². The first-order valence-electron chi connectivity index (χ1n) is 15.7. The predicted octanol–water partition coefficient (Wildman–Crippen LogP) is 6.37. The fourth-order valence-electron chi connectivity index (χ4n) is 5.19. The smallest absolute Gasteiger partial charge is 0.339 e. The molecule has 12 heteroatoms. The van der Waals surface area contributed by atoms with Crippen molar-refractivity contribution in [2.24, 2.45) is 0 Å². The number of hydrogen-bond donors (Lipinski definition) is 1. The number of rotatable bonds is 19. The van der Waals surface area contributed by atoms with E-state index in [1.165, 1.54) is 68.5 Å². The SMILES string of the molecule is CCCCCCCCCCCCS(=O)(=O)c1ccc(NC(=O)C(C(=O)OCC)N2C(=O)CN(Cc3ccccc3)C2=O)c(Cl)c1. The molecule has 0 saturated carbocycles. The van der Waals surface area contributed by atoms with Gasteiger partial charge in [-0.25, -0.2) is 22.9 Å². The number of imide groups is 1. The number of ether oxygens (including phenoxy) is 1. The third-order valence-corrected chi connectivity index (χ3v) is 9.74. The van der Waals surface area contributed by atoms with Crippen molar-refractivity contribution >= 4 is 50.9 Å². The fraction of sp³-hybridized carbons (Fsp3) is 0.515. The van der Waals surface area contributed by atoms with Gasteiger partial charge in [-0.15, -0.1) is 0 Å². The van der Waals surface area contributed by atoms with Gasteiger partial charge in [-0.1, -0.05) is 107 Å². The highest BCUT2D eigenvalue weighted by Gasteiger charge is 2.47. The molecule has 1 heterocycles. The zero-order chi connectivity index (χ0) is 32.8. The van der Waals surface area contributed by atoms with Crippen LogP contribution >= 0.6 is 11.6 Å². The number of sulfone groups is 1. The molecule has 45 heavy (non-hydrogen) atoms. The minimum absolute atomic E-state index is 0.0184. The molecule has 1 saturated heterocycles. The summed E-state index contributed by atoms with van der Waals surface area (Å²) in [7, 11) is -3.61. The lowest BCUT2D eigenvalue weighted by Crippen LogP contribution is -2.53. The van der Waals surface area contributed by atoms with Gasteiger partial charge in [-0.05, 0) is 37.1 Å². The first-order valence-corrected chi connectivity index (χ1v) is 17.8. The number of nitrogens with one attached hydrogen (secondary N) is 1. The van der Waals surface area contributed by atoms with Crippen LogP contribution in [0.3, 0.4) is 0 Å². The van der Waals surface area contributed by atoms with Crippen LogP contribution in [0, 0.1) is 0 Å². The Morgan fingerprint density at radius 1 is 0.911 bits per heavy atom. The van der Waals surface area contributed by atoms with Crippen molar-refractivity contribution in [3.05, 3.63) is 59.1 Å². The number of anilines is 1. The highest BCUT2D eigenvalue weighted by Crippen LogP contribution is 2.28. The molecule has 10 nitrogen and oxygen atoms in total. The molecule has 1 aliphatic heterocycles. The van der Waals surface area contributed by atoms with Crippen LogP contribution in [-0.4, -0.2) is 67.0 Å². The van der Waals surface area contributed by atoms with Crippen molar-refractivity contribution in [3.63, 3.8) is 0 Å². The van der Waals surface area contributed by atoms with Gasteiger partial charge < -0.3 is 15.0 Å². The number of benzene rings is 2. The predicted molar refractivity (Wildman–Crippen MR) is 173 cm³/mol. The normalized spacial score (nSPS) is 14.1. The van der Waals surface area contributed by atoms with Gasteiger partial charge in [-0.2, -0.15) is 0 Å². The Balaban J connectivity index is 1.61. The first kappa shape index (κ1) is 36.0. The summed E-state index contributed by atoms with van der Waals surface area (Å²) in [6.45, 7) is 3.44. The number of hydrogen-bond acceptors (Lipinski definition) is 7. The molecular weight excluding hydrogens is 618 g/mol. The maximum absolute atomic E-state index is 13.4. The molecule has 1 fully saturated rings. The topological polar surface area (TPSA) is 130 Å². The zero-order valence-electron chi connectivity index (χ0n) is 26.1. The number of unbranched alkanes of at least 4 members (excludes halogenated alkanes) is 9. The number of amides is 4.